The van der Waals surface area contributed by atoms with Crippen LogP contribution < -0.4 is 5.73 Å². The third-order valence-electron chi connectivity index (χ3n) is 2.41. The molecule has 0 aromatic carbocycles. The van der Waals surface area contributed by atoms with E-state index in [1.807, 2.05) is 6.92 Å². The first-order valence-electron chi connectivity index (χ1n) is 4.38. The number of esters is 1. The number of ether oxygens (including phenoxy) is 1. The fraction of sp³-hybridized carbons (Fsp3) is 0.400. The minimum Gasteiger partial charge on any atom is -0.469 e. The molecular weight excluding hydrogens is 180 g/mol. The summed E-state index contributed by atoms with van der Waals surface area (Å²) in [5.41, 5.74) is 6.07. The number of carbonyl (C=O) groups is 1. The van der Waals surface area contributed by atoms with E-state index in [2.05, 4.69) is 4.74 Å². The topological polar surface area (TPSA) is 76.2 Å². The zero-order valence-corrected chi connectivity index (χ0v) is 8.28. The number of nitrogens with two attached hydrogens (primary N) is 1. The Balaban J connectivity index is 2.88. The second-order valence-corrected chi connectivity index (χ2v) is 3.26. The molecule has 0 heterocycles. The number of rotatable bonds is 2. The number of hydrogen-bond acceptors (Lipinski definition) is 3. The van der Waals surface area contributed by atoms with Crippen LogP contribution in [0.25, 0.3) is 0 Å². The number of carbonyl (C=O) groups excluding carboxylic acids is 1. The highest BCUT2D eigenvalue weighted by Crippen LogP contribution is 2.26. The Bertz CT molecular complexity index is 318. The van der Waals surface area contributed by atoms with E-state index in [1.54, 1.807) is 18.2 Å². The highest BCUT2D eigenvalue weighted by molar-refractivity contribution is 5.96. The minimum atomic E-state index is -0.330. The number of allylic oxidation sites excluding steroid dienone is 2. The van der Waals surface area contributed by atoms with Gasteiger partial charge in [-0.3, -0.25) is 10.2 Å². The van der Waals surface area contributed by atoms with Crippen LogP contribution in [0.5, 0.6) is 0 Å². The Kier molecular flexibility index (Phi) is 3.06. The van der Waals surface area contributed by atoms with Crippen LogP contribution in [0.3, 0.4) is 0 Å². The second kappa shape index (κ2) is 4.09. The summed E-state index contributed by atoms with van der Waals surface area (Å²) in [6.45, 7) is 1.86. The van der Waals surface area contributed by atoms with Gasteiger partial charge in [0.2, 0.25) is 0 Å². The van der Waals surface area contributed by atoms with Crippen molar-refractivity contribution in [3.8, 4) is 0 Å². The number of hydrogen-bond donors (Lipinski definition) is 2. The van der Waals surface area contributed by atoms with Crippen molar-refractivity contribution in [3.05, 3.63) is 23.8 Å². The lowest BCUT2D eigenvalue weighted by Crippen LogP contribution is -2.29. The average Bonchev–Trinajstić information content (AvgIpc) is 2.16. The summed E-state index contributed by atoms with van der Waals surface area (Å²) < 4.78 is 4.66. The lowest BCUT2D eigenvalue weighted by molar-refractivity contribution is -0.144. The van der Waals surface area contributed by atoms with Gasteiger partial charge in [-0.05, 0) is 5.57 Å². The molecule has 14 heavy (non-hydrogen) atoms. The molecule has 0 aromatic heterocycles. The van der Waals surface area contributed by atoms with Crippen LogP contribution in [0.1, 0.15) is 6.92 Å². The van der Waals surface area contributed by atoms with Crippen molar-refractivity contribution < 1.29 is 9.53 Å². The Morgan fingerprint density at radius 1 is 1.64 bits per heavy atom. The fourth-order valence-electron chi connectivity index (χ4n) is 1.54. The molecule has 0 aliphatic heterocycles. The van der Waals surface area contributed by atoms with E-state index in [0.717, 1.165) is 0 Å². The molecule has 76 valence electrons. The van der Waals surface area contributed by atoms with Gasteiger partial charge in [0.15, 0.2) is 0 Å². The van der Waals surface area contributed by atoms with Gasteiger partial charge in [0.25, 0.3) is 0 Å². The van der Waals surface area contributed by atoms with Crippen molar-refractivity contribution in [2.75, 3.05) is 7.11 Å². The van der Waals surface area contributed by atoms with Crippen LogP contribution in [-0.2, 0) is 9.53 Å². The maximum atomic E-state index is 11.3. The van der Waals surface area contributed by atoms with E-state index in [1.165, 1.54) is 7.11 Å². The molecule has 0 saturated carbocycles. The van der Waals surface area contributed by atoms with Crippen LogP contribution in [0, 0.1) is 17.2 Å². The van der Waals surface area contributed by atoms with E-state index in [9.17, 15) is 4.79 Å². The molecule has 1 rings (SSSR count). The third kappa shape index (κ3) is 1.84. The third-order valence-corrected chi connectivity index (χ3v) is 2.41. The van der Waals surface area contributed by atoms with E-state index < -0.39 is 0 Å². The van der Waals surface area contributed by atoms with Crippen molar-refractivity contribution in [1.29, 1.82) is 5.41 Å². The molecular formula is C10H14N2O2. The maximum Gasteiger partial charge on any atom is 0.313 e. The molecule has 0 saturated heterocycles. The predicted octanol–water partition coefficient (Wildman–Crippen LogP) is 0.844. The summed E-state index contributed by atoms with van der Waals surface area (Å²) in [7, 11) is 1.36. The van der Waals surface area contributed by atoms with Crippen molar-refractivity contribution in [3.63, 3.8) is 0 Å². The zero-order chi connectivity index (χ0) is 10.7. The summed E-state index contributed by atoms with van der Waals surface area (Å²) in [6.07, 6.45) is 5.26. The monoisotopic (exact) mass is 194 g/mol. The van der Waals surface area contributed by atoms with E-state index in [-0.39, 0.29) is 23.6 Å². The molecule has 4 heteroatoms. The van der Waals surface area contributed by atoms with Crippen LogP contribution in [-0.4, -0.2) is 18.9 Å². The molecule has 2 unspecified atom stereocenters. The highest BCUT2D eigenvalue weighted by Gasteiger charge is 2.28. The standard InChI is InChI=1S/C10H14N2O2/c1-6-7(9(11)12)4-3-5-8(6)10(13)14-2/h3-6,8H,1-2H3,(H3,11,12). The predicted molar refractivity (Wildman–Crippen MR) is 53.8 cm³/mol. The molecule has 0 spiro atoms. The normalized spacial score (nSPS) is 25.4. The van der Waals surface area contributed by atoms with Gasteiger partial charge >= 0.3 is 5.97 Å². The van der Waals surface area contributed by atoms with Crippen molar-refractivity contribution in [1.82, 2.24) is 0 Å². The van der Waals surface area contributed by atoms with Gasteiger partial charge in [0, 0.05) is 5.92 Å². The maximum absolute atomic E-state index is 11.3. The number of nitrogens with one attached hydrogen (secondary N) is 1. The Hall–Kier alpha value is -1.58. The van der Waals surface area contributed by atoms with Crippen LogP contribution in [0.4, 0.5) is 0 Å². The summed E-state index contributed by atoms with van der Waals surface area (Å²) in [4.78, 5) is 11.3. The van der Waals surface area contributed by atoms with Crippen LogP contribution in [0.15, 0.2) is 23.8 Å². The Morgan fingerprint density at radius 2 is 2.29 bits per heavy atom. The second-order valence-electron chi connectivity index (χ2n) is 3.26. The highest BCUT2D eigenvalue weighted by atomic mass is 16.5. The van der Waals surface area contributed by atoms with Gasteiger partial charge in [-0.1, -0.05) is 25.2 Å². The number of methoxy groups -OCH3 is 1. The Morgan fingerprint density at radius 3 is 2.79 bits per heavy atom. The molecule has 0 radical (unpaired) electrons. The van der Waals surface area contributed by atoms with Gasteiger partial charge in [-0.2, -0.15) is 0 Å². The first-order chi connectivity index (χ1) is 6.57. The molecule has 0 fully saturated rings. The van der Waals surface area contributed by atoms with Crippen LogP contribution >= 0.6 is 0 Å². The fourth-order valence-corrected chi connectivity index (χ4v) is 1.54. The molecule has 2 atom stereocenters. The average molecular weight is 194 g/mol. The molecule has 1 aliphatic rings. The zero-order valence-electron chi connectivity index (χ0n) is 8.28. The first-order valence-corrected chi connectivity index (χ1v) is 4.38. The van der Waals surface area contributed by atoms with Gasteiger partial charge in [-0.25, -0.2) is 0 Å². The quantitative estimate of drug-likeness (QED) is 0.388. The largest absolute Gasteiger partial charge is 0.469 e. The van der Waals surface area contributed by atoms with Crippen molar-refractivity contribution in [2.45, 2.75) is 6.92 Å². The van der Waals surface area contributed by atoms with E-state index in [0.29, 0.717) is 5.57 Å². The first kappa shape index (κ1) is 10.5. The van der Waals surface area contributed by atoms with Gasteiger partial charge in [0.1, 0.15) is 5.84 Å². The smallest absolute Gasteiger partial charge is 0.313 e. The summed E-state index contributed by atoms with van der Waals surface area (Å²) in [5, 5.41) is 7.33. The Labute approximate surface area is 82.9 Å². The minimum absolute atomic E-state index is 0.00996. The van der Waals surface area contributed by atoms with Crippen LogP contribution in [0.2, 0.25) is 0 Å². The SMILES string of the molecule is COC(=O)C1C=CC=C(C(=N)N)C1C. The van der Waals surface area contributed by atoms with Gasteiger partial charge in [0.05, 0.1) is 13.0 Å². The van der Waals surface area contributed by atoms with Crippen molar-refractivity contribution >= 4 is 11.8 Å². The van der Waals surface area contributed by atoms with E-state index >= 15 is 0 Å². The lowest BCUT2D eigenvalue weighted by Gasteiger charge is -2.23. The molecule has 0 amide bonds. The number of amidine groups is 1. The molecule has 1 aliphatic carbocycles. The lowest BCUT2D eigenvalue weighted by atomic mass is 9.83. The van der Waals surface area contributed by atoms with E-state index in [4.69, 9.17) is 11.1 Å². The molecule has 4 nitrogen and oxygen atoms in total. The van der Waals surface area contributed by atoms with Crippen molar-refractivity contribution in [2.24, 2.45) is 17.6 Å². The summed E-state index contributed by atoms with van der Waals surface area (Å²) >= 11 is 0. The van der Waals surface area contributed by atoms with Gasteiger partial charge in [-0.15, -0.1) is 0 Å². The summed E-state index contributed by atoms with van der Waals surface area (Å²) in [5.74, 6) is -0.704. The summed E-state index contributed by atoms with van der Waals surface area (Å²) in [6, 6.07) is 0. The van der Waals surface area contributed by atoms with Gasteiger partial charge < -0.3 is 10.5 Å². The molecule has 0 bridgehead atoms. The molecule has 0 aromatic rings. The molecule has 3 N–H and O–H groups in total.